The van der Waals surface area contributed by atoms with Crippen LogP contribution in [0.2, 0.25) is 0 Å². The maximum Gasteiger partial charge on any atom is 0.232 e. The largest absolute Gasteiger partial charge is 0.378 e. The van der Waals surface area contributed by atoms with E-state index in [2.05, 4.69) is 10.2 Å². The molecule has 1 aromatic carbocycles. The van der Waals surface area contributed by atoms with Gasteiger partial charge in [0.15, 0.2) is 0 Å². The molecule has 1 aliphatic rings. The van der Waals surface area contributed by atoms with E-state index in [1.54, 1.807) is 6.07 Å². The molecule has 1 N–H and O–H groups in total. The summed E-state index contributed by atoms with van der Waals surface area (Å²) in [5, 5.41) is 2.82. The molecule has 0 aromatic heterocycles. The van der Waals surface area contributed by atoms with E-state index < -0.39 is 15.4 Å². The molecular weight excluding hydrogens is 354 g/mol. The number of sulfonamides is 1. The Labute approximate surface area is 156 Å². The van der Waals surface area contributed by atoms with Gasteiger partial charge in [-0.2, -0.15) is 0 Å². The second-order valence-corrected chi connectivity index (χ2v) is 9.34. The fourth-order valence-electron chi connectivity index (χ4n) is 2.75. The molecular formula is C18H29N3O4S. The highest BCUT2D eigenvalue weighted by atomic mass is 32.2. The lowest BCUT2D eigenvalue weighted by atomic mass is 9.96. The van der Waals surface area contributed by atoms with Gasteiger partial charge < -0.3 is 15.0 Å². The van der Waals surface area contributed by atoms with Gasteiger partial charge in [-0.05, 0) is 12.1 Å². The molecule has 1 aromatic rings. The number of rotatable bonds is 6. The van der Waals surface area contributed by atoms with E-state index in [0.29, 0.717) is 18.9 Å². The number of benzene rings is 1. The van der Waals surface area contributed by atoms with Crippen molar-refractivity contribution in [2.75, 3.05) is 54.9 Å². The van der Waals surface area contributed by atoms with Gasteiger partial charge in [0.1, 0.15) is 0 Å². The Balaban J connectivity index is 2.21. The van der Waals surface area contributed by atoms with Gasteiger partial charge in [0, 0.05) is 25.0 Å². The summed E-state index contributed by atoms with van der Waals surface area (Å²) in [5.74, 6) is -0.104. The van der Waals surface area contributed by atoms with Crippen molar-refractivity contribution in [3.63, 3.8) is 0 Å². The lowest BCUT2D eigenvalue weighted by Gasteiger charge is -2.33. The molecule has 1 fully saturated rings. The molecule has 0 bridgehead atoms. The zero-order valence-corrected chi connectivity index (χ0v) is 16.8. The van der Waals surface area contributed by atoms with E-state index in [1.165, 1.54) is 10.6 Å². The summed E-state index contributed by atoms with van der Waals surface area (Å²) in [6.45, 7) is 8.58. The third-order valence-electron chi connectivity index (χ3n) is 4.18. The summed E-state index contributed by atoms with van der Waals surface area (Å²) in [5.41, 5.74) is 0.979. The smallest absolute Gasteiger partial charge is 0.232 e. The number of hydrogen-bond acceptors (Lipinski definition) is 5. The topological polar surface area (TPSA) is 79.0 Å². The van der Waals surface area contributed by atoms with Gasteiger partial charge in [-0.25, -0.2) is 8.42 Å². The molecule has 0 unspecified atom stereocenters. The number of morpholine rings is 1. The highest BCUT2D eigenvalue weighted by Gasteiger charge is 2.25. The Hall–Kier alpha value is -1.80. The second kappa shape index (κ2) is 8.26. The highest BCUT2D eigenvalue weighted by molar-refractivity contribution is 7.92. The van der Waals surface area contributed by atoms with E-state index >= 15 is 0 Å². The molecule has 0 aliphatic carbocycles. The van der Waals surface area contributed by atoms with Crippen LogP contribution < -0.4 is 14.5 Å². The quantitative estimate of drug-likeness (QED) is 0.804. The van der Waals surface area contributed by atoms with Crippen molar-refractivity contribution in [1.29, 1.82) is 0 Å². The Kier molecular flexibility index (Phi) is 6.52. The Morgan fingerprint density at radius 3 is 2.42 bits per heavy atom. The normalized spacial score (nSPS) is 15.6. The first-order chi connectivity index (χ1) is 12.1. The third-order valence-corrected chi connectivity index (χ3v) is 5.36. The molecule has 1 saturated heterocycles. The lowest BCUT2D eigenvalue weighted by molar-refractivity contribution is -0.128. The maximum absolute atomic E-state index is 12.4. The van der Waals surface area contributed by atoms with Gasteiger partial charge in [0.2, 0.25) is 15.9 Å². The molecule has 7 nitrogen and oxygen atoms in total. The van der Waals surface area contributed by atoms with Crippen LogP contribution in [0, 0.1) is 5.41 Å². The minimum atomic E-state index is -3.49. The van der Waals surface area contributed by atoms with E-state index in [0.717, 1.165) is 18.8 Å². The fourth-order valence-corrected chi connectivity index (χ4v) is 3.68. The average Bonchev–Trinajstić information content (AvgIpc) is 2.57. The minimum absolute atomic E-state index is 0.104. The Morgan fingerprint density at radius 1 is 1.23 bits per heavy atom. The molecule has 8 heteroatoms. The van der Waals surface area contributed by atoms with Crippen molar-refractivity contribution in [1.82, 2.24) is 5.32 Å². The Morgan fingerprint density at radius 2 is 1.85 bits per heavy atom. The van der Waals surface area contributed by atoms with Crippen molar-refractivity contribution in [2.45, 2.75) is 20.8 Å². The van der Waals surface area contributed by atoms with Gasteiger partial charge in [-0.15, -0.1) is 0 Å². The van der Waals surface area contributed by atoms with Crippen LogP contribution in [0.4, 0.5) is 11.4 Å². The molecule has 1 amide bonds. The zero-order chi connectivity index (χ0) is 19.4. The molecule has 1 aliphatic heterocycles. The van der Waals surface area contributed by atoms with Crippen LogP contribution in [0.3, 0.4) is 0 Å². The number of carbonyl (C=O) groups excluding carboxylic acids is 1. The summed E-state index contributed by atoms with van der Waals surface area (Å²) >= 11 is 0. The van der Waals surface area contributed by atoms with E-state index in [4.69, 9.17) is 4.74 Å². The van der Waals surface area contributed by atoms with E-state index in [1.807, 2.05) is 39.0 Å². The number of anilines is 2. The summed E-state index contributed by atoms with van der Waals surface area (Å²) < 4.78 is 31.6. The zero-order valence-electron chi connectivity index (χ0n) is 16.0. The van der Waals surface area contributed by atoms with Crippen LogP contribution in [0.25, 0.3) is 0 Å². The number of para-hydroxylation sites is 2. The van der Waals surface area contributed by atoms with E-state index in [-0.39, 0.29) is 19.0 Å². The van der Waals surface area contributed by atoms with Crippen molar-refractivity contribution in [3.8, 4) is 0 Å². The second-order valence-electron chi connectivity index (χ2n) is 7.43. The first-order valence-corrected chi connectivity index (χ1v) is 10.6. The molecule has 0 saturated carbocycles. The van der Waals surface area contributed by atoms with Crippen LogP contribution in [0.1, 0.15) is 20.8 Å². The number of ether oxygens (including phenoxy) is 1. The molecule has 26 heavy (non-hydrogen) atoms. The fraction of sp³-hybridized carbons (Fsp3) is 0.611. The summed E-state index contributed by atoms with van der Waals surface area (Å²) in [7, 11) is -3.49. The summed E-state index contributed by atoms with van der Waals surface area (Å²) in [6.07, 6.45) is 1.19. The molecule has 0 spiro atoms. The number of hydrogen-bond donors (Lipinski definition) is 1. The summed E-state index contributed by atoms with van der Waals surface area (Å²) in [4.78, 5) is 14.2. The predicted molar refractivity (Wildman–Crippen MR) is 104 cm³/mol. The molecule has 0 atom stereocenters. The van der Waals surface area contributed by atoms with Gasteiger partial charge >= 0.3 is 0 Å². The molecule has 0 radical (unpaired) electrons. The van der Waals surface area contributed by atoms with Crippen LogP contribution >= 0.6 is 0 Å². The minimum Gasteiger partial charge on any atom is -0.378 e. The van der Waals surface area contributed by atoms with Gasteiger partial charge in [-0.1, -0.05) is 32.9 Å². The van der Waals surface area contributed by atoms with Gasteiger partial charge in [0.05, 0.1) is 37.4 Å². The van der Waals surface area contributed by atoms with E-state index in [9.17, 15) is 13.2 Å². The first kappa shape index (κ1) is 20.5. The highest BCUT2D eigenvalue weighted by Crippen LogP contribution is 2.31. The molecule has 2 rings (SSSR count). The van der Waals surface area contributed by atoms with Crippen molar-refractivity contribution < 1.29 is 17.9 Å². The average molecular weight is 384 g/mol. The van der Waals surface area contributed by atoms with Gasteiger partial charge in [0.25, 0.3) is 0 Å². The number of nitrogens with zero attached hydrogens (tertiary/aromatic N) is 2. The van der Waals surface area contributed by atoms with Crippen LogP contribution in [-0.4, -0.2) is 60.0 Å². The standard InChI is InChI=1S/C18H29N3O4S/c1-18(2,3)17(22)19-9-10-21(26(4,23)24)16-8-6-5-7-15(16)20-11-13-25-14-12-20/h5-8H,9-14H2,1-4H3,(H,19,22). The Bertz CT molecular complexity index is 722. The van der Waals surface area contributed by atoms with Gasteiger partial charge in [-0.3, -0.25) is 9.10 Å². The lowest BCUT2D eigenvalue weighted by Crippen LogP contribution is -2.43. The van der Waals surface area contributed by atoms with Crippen LogP contribution in [0.5, 0.6) is 0 Å². The molecule has 146 valence electrons. The van der Waals surface area contributed by atoms with Crippen LogP contribution in [-0.2, 0) is 19.6 Å². The third kappa shape index (κ3) is 5.35. The molecule has 1 heterocycles. The maximum atomic E-state index is 12.4. The van der Waals surface area contributed by atoms with Crippen molar-refractivity contribution >= 4 is 27.3 Å². The SMILES string of the molecule is CC(C)(C)C(=O)NCCN(c1ccccc1N1CCOCC1)S(C)(=O)=O. The number of amides is 1. The van der Waals surface area contributed by atoms with Crippen molar-refractivity contribution in [3.05, 3.63) is 24.3 Å². The van der Waals surface area contributed by atoms with Crippen LogP contribution in [0.15, 0.2) is 24.3 Å². The number of nitrogens with one attached hydrogen (secondary N) is 1. The summed E-state index contributed by atoms with van der Waals surface area (Å²) in [6, 6.07) is 7.45. The number of carbonyl (C=O) groups is 1. The predicted octanol–water partition coefficient (Wildman–Crippen LogP) is 1.45. The first-order valence-electron chi connectivity index (χ1n) is 8.78. The monoisotopic (exact) mass is 383 g/mol. The van der Waals surface area contributed by atoms with Crippen molar-refractivity contribution in [2.24, 2.45) is 5.41 Å².